The first kappa shape index (κ1) is 15.4. The molecular weight excluding hydrogens is 276 g/mol. The van der Waals surface area contributed by atoms with Gasteiger partial charge in [-0.1, -0.05) is 30.3 Å². The minimum atomic E-state index is -0.207. The highest BCUT2D eigenvalue weighted by molar-refractivity contribution is 5.96. The summed E-state index contributed by atoms with van der Waals surface area (Å²) >= 11 is 0. The van der Waals surface area contributed by atoms with E-state index in [9.17, 15) is 4.79 Å². The van der Waals surface area contributed by atoms with Crippen LogP contribution in [0.1, 0.15) is 37.7 Å². The molecule has 1 saturated carbocycles. The lowest BCUT2D eigenvalue weighted by Crippen LogP contribution is -2.36. The van der Waals surface area contributed by atoms with Crippen LogP contribution in [0.4, 0.5) is 0 Å². The summed E-state index contributed by atoms with van der Waals surface area (Å²) in [6.07, 6.45) is 8.26. The molecule has 3 heteroatoms. The number of carbonyl (C=O) groups excluding carboxylic acids is 1. The Balaban J connectivity index is 1.47. The molecule has 3 nitrogen and oxygen atoms in total. The summed E-state index contributed by atoms with van der Waals surface area (Å²) in [7, 11) is 1.75. The maximum Gasteiger partial charge on any atom is 0.161 e. The lowest BCUT2D eigenvalue weighted by molar-refractivity contribution is -0.126. The van der Waals surface area contributed by atoms with Crippen molar-refractivity contribution >= 4 is 5.78 Å². The van der Waals surface area contributed by atoms with Crippen LogP contribution in [0.25, 0.3) is 0 Å². The molecule has 22 heavy (non-hydrogen) atoms. The fraction of sp³-hybridized carbons (Fsp3) is 0.526. The SMILES string of the molecule is CO[C@]12C=CC(=O)[C@](CCCOCc3ccccc3)(CC1)C2. The Hall–Kier alpha value is -1.45. The van der Waals surface area contributed by atoms with Gasteiger partial charge in [0.05, 0.1) is 12.2 Å². The lowest BCUT2D eigenvalue weighted by atomic mass is 9.73. The van der Waals surface area contributed by atoms with E-state index in [2.05, 4.69) is 12.1 Å². The fourth-order valence-corrected chi connectivity index (χ4v) is 3.81. The van der Waals surface area contributed by atoms with Crippen molar-refractivity contribution in [3.8, 4) is 0 Å². The Bertz CT molecular complexity index is 551. The van der Waals surface area contributed by atoms with Crippen LogP contribution in [0.3, 0.4) is 0 Å². The molecule has 2 aliphatic carbocycles. The summed E-state index contributed by atoms with van der Waals surface area (Å²) in [4.78, 5) is 12.3. The van der Waals surface area contributed by atoms with Crippen LogP contribution in [0, 0.1) is 5.41 Å². The molecule has 0 saturated heterocycles. The van der Waals surface area contributed by atoms with Crippen molar-refractivity contribution in [2.75, 3.05) is 13.7 Å². The molecular formula is C19H24O3. The van der Waals surface area contributed by atoms with Gasteiger partial charge in [0.15, 0.2) is 5.78 Å². The number of hydrogen-bond acceptors (Lipinski definition) is 3. The molecule has 2 atom stereocenters. The summed E-state index contributed by atoms with van der Waals surface area (Å²) < 4.78 is 11.4. The number of allylic oxidation sites excluding steroid dienone is 1. The van der Waals surface area contributed by atoms with E-state index < -0.39 is 0 Å². The quantitative estimate of drug-likeness (QED) is 0.721. The number of ether oxygens (including phenoxy) is 2. The van der Waals surface area contributed by atoms with Crippen molar-refractivity contribution in [2.45, 2.75) is 44.3 Å². The van der Waals surface area contributed by atoms with Gasteiger partial charge in [0.2, 0.25) is 0 Å². The van der Waals surface area contributed by atoms with Gasteiger partial charge in [0.25, 0.3) is 0 Å². The van der Waals surface area contributed by atoms with Crippen molar-refractivity contribution in [2.24, 2.45) is 5.41 Å². The summed E-state index contributed by atoms with van der Waals surface area (Å²) in [6, 6.07) is 10.2. The number of ketones is 1. The topological polar surface area (TPSA) is 35.5 Å². The van der Waals surface area contributed by atoms with E-state index in [-0.39, 0.29) is 16.8 Å². The Morgan fingerprint density at radius 2 is 2.00 bits per heavy atom. The summed E-state index contributed by atoms with van der Waals surface area (Å²) in [5.74, 6) is 0.278. The molecule has 1 aromatic carbocycles. The Morgan fingerprint density at radius 3 is 2.77 bits per heavy atom. The highest BCUT2D eigenvalue weighted by Gasteiger charge is 2.52. The molecule has 1 fully saturated rings. The van der Waals surface area contributed by atoms with E-state index in [1.54, 1.807) is 13.2 Å². The van der Waals surface area contributed by atoms with E-state index >= 15 is 0 Å². The second-order valence-electron chi connectivity index (χ2n) is 6.57. The lowest BCUT2D eigenvalue weighted by Gasteiger charge is -2.33. The molecule has 0 heterocycles. The van der Waals surface area contributed by atoms with Crippen molar-refractivity contribution in [3.05, 3.63) is 48.0 Å². The smallest absolute Gasteiger partial charge is 0.161 e. The zero-order valence-corrected chi connectivity index (χ0v) is 13.2. The van der Waals surface area contributed by atoms with Gasteiger partial charge in [0, 0.05) is 19.1 Å². The third-order valence-corrected chi connectivity index (χ3v) is 5.19. The second-order valence-corrected chi connectivity index (χ2v) is 6.57. The Morgan fingerprint density at radius 1 is 1.18 bits per heavy atom. The zero-order valence-electron chi connectivity index (χ0n) is 13.2. The number of methoxy groups -OCH3 is 1. The molecule has 0 spiro atoms. The van der Waals surface area contributed by atoms with Crippen LogP contribution >= 0.6 is 0 Å². The Labute approximate surface area is 132 Å². The van der Waals surface area contributed by atoms with E-state index in [1.807, 2.05) is 24.3 Å². The van der Waals surface area contributed by atoms with E-state index in [4.69, 9.17) is 9.47 Å². The average molecular weight is 300 g/mol. The van der Waals surface area contributed by atoms with Crippen LogP contribution in [-0.2, 0) is 20.9 Å². The highest BCUT2D eigenvalue weighted by atomic mass is 16.5. The van der Waals surface area contributed by atoms with Gasteiger partial charge in [0.1, 0.15) is 0 Å². The van der Waals surface area contributed by atoms with Gasteiger partial charge in [-0.05, 0) is 49.8 Å². The number of benzene rings is 1. The molecule has 0 aromatic heterocycles. The minimum absolute atomic E-state index is 0.196. The predicted molar refractivity (Wildman–Crippen MR) is 85.5 cm³/mol. The van der Waals surface area contributed by atoms with E-state index in [0.29, 0.717) is 13.2 Å². The normalized spacial score (nSPS) is 30.0. The standard InChI is InChI=1S/C19H24O3/c1-21-19-10-8-17(20)18(15-19,11-12-19)9-5-13-22-14-16-6-3-2-4-7-16/h2-4,6-8,10H,5,9,11-15H2,1H3/t18-,19-/m1/s1. The number of hydrogen-bond donors (Lipinski definition) is 0. The molecule has 0 amide bonds. The van der Waals surface area contributed by atoms with Crippen LogP contribution in [-0.4, -0.2) is 25.1 Å². The zero-order chi connectivity index (χ0) is 15.5. The van der Waals surface area contributed by atoms with Crippen molar-refractivity contribution < 1.29 is 14.3 Å². The summed E-state index contributed by atoms with van der Waals surface area (Å²) in [6.45, 7) is 1.34. The molecule has 0 radical (unpaired) electrons. The third kappa shape index (κ3) is 3.01. The summed E-state index contributed by atoms with van der Waals surface area (Å²) in [5, 5.41) is 0. The Kier molecular flexibility index (Phi) is 4.46. The molecule has 0 N–H and O–H groups in total. The minimum Gasteiger partial charge on any atom is -0.377 e. The van der Waals surface area contributed by atoms with E-state index in [1.165, 1.54) is 5.56 Å². The largest absolute Gasteiger partial charge is 0.377 e. The molecule has 118 valence electrons. The van der Waals surface area contributed by atoms with Gasteiger partial charge in [-0.3, -0.25) is 4.79 Å². The fourth-order valence-electron chi connectivity index (χ4n) is 3.81. The van der Waals surface area contributed by atoms with Crippen molar-refractivity contribution in [1.29, 1.82) is 0 Å². The highest BCUT2D eigenvalue weighted by Crippen LogP contribution is 2.52. The first-order valence-electron chi connectivity index (χ1n) is 8.09. The summed E-state index contributed by atoms with van der Waals surface area (Å²) in [5.41, 5.74) is 0.788. The van der Waals surface area contributed by atoms with E-state index in [0.717, 1.165) is 32.1 Å². The molecule has 1 aromatic rings. The molecule has 2 aliphatic rings. The monoisotopic (exact) mass is 300 g/mol. The van der Waals surface area contributed by atoms with Crippen LogP contribution in [0.2, 0.25) is 0 Å². The van der Waals surface area contributed by atoms with Gasteiger partial charge >= 0.3 is 0 Å². The number of carbonyl (C=O) groups is 1. The van der Waals surface area contributed by atoms with Crippen molar-refractivity contribution in [1.82, 2.24) is 0 Å². The first-order chi connectivity index (χ1) is 10.7. The number of rotatable bonds is 7. The van der Waals surface area contributed by atoms with Crippen LogP contribution in [0.5, 0.6) is 0 Å². The average Bonchev–Trinajstić information content (AvgIpc) is 2.88. The van der Waals surface area contributed by atoms with Gasteiger partial charge in [-0.2, -0.15) is 0 Å². The second kappa shape index (κ2) is 6.35. The van der Waals surface area contributed by atoms with Crippen LogP contribution in [0.15, 0.2) is 42.5 Å². The maximum atomic E-state index is 12.3. The van der Waals surface area contributed by atoms with Gasteiger partial charge in [-0.15, -0.1) is 0 Å². The van der Waals surface area contributed by atoms with Gasteiger partial charge < -0.3 is 9.47 Å². The first-order valence-corrected chi connectivity index (χ1v) is 8.09. The van der Waals surface area contributed by atoms with Crippen LogP contribution < -0.4 is 0 Å². The number of fused-ring (bicyclic) bond motifs is 2. The molecule has 0 unspecified atom stereocenters. The van der Waals surface area contributed by atoms with Gasteiger partial charge in [-0.25, -0.2) is 0 Å². The molecule has 0 aliphatic heterocycles. The molecule has 3 rings (SSSR count). The predicted octanol–water partition coefficient (Wildman–Crippen LogP) is 3.68. The van der Waals surface area contributed by atoms with Crippen molar-refractivity contribution in [3.63, 3.8) is 0 Å². The maximum absolute atomic E-state index is 12.3. The third-order valence-electron chi connectivity index (χ3n) is 5.19. The molecule has 2 bridgehead atoms.